The highest BCUT2D eigenvalue weighted by molar-refractivity contribution is 7.17. The summed E-state index contributed by atoms with van der Waals surface area (Å²) >= 11 is 1.56. The second-order valence-corrected chi connectivity index (χ2v) is 9.80. The lowest BCUT2D eigenvalue weighted by molar-refractivity contribution is -0.118. The molecule has 5 nitrogen and oxygen atoms in total. The molecule has 0 aliphatic heterocycles. The van der Waals surface area contributed by atoms with Crippen molar-refractivity contribution < 1.29 is 14.3 Å². The Morgan fingerprint density at radius 2 is 1.83 bits per heavy atom. The van der Waals surface area contributed by atoms with Crippen molar-refractivity contribution in [3.8, 4) is 0 Å². The van der Waals surface area contributed by atoms with Gasteiger partial charge in [0, 0.05) is 10.9 Å². The minimum atomic E-state index is -0.310. The quantitative estimate of drug-likeness (QED) is 0.630. The van der Waals surface area contributed by atoms with Gasteiger partial charge >= 0.3 is 5.97 Å². The first-order valence-corrected chi connectivity index (χ1v) is 12.2. The van der Waals surface area contributed by atoms with Gasteiger partial charge in [-0.2, -0.15) is 0 Å². The van der Waals surface area contributed by atoms with Gasteiger partial charge in [-0.15, -0.1) is 11.3 Å². The summed E-state index contributed by atoms with van der Waals surface area (Å²) in [4.78, 5) is 26.8. The number of carbonyl (C=O) groups excluding carboxylic acids is 2. The van der Waals surface area contributed by atoms with Crippen LogP contribution in [0.25, 0.3) is 0 Å². The predicted molar refractivity (Wildman–Crippen MR) is 119 cm³/mol. The molecule has 2 aliphatic rings. The summed E-state index contributed by atoms with van der Waals surface area (Å²) in [5, 5.41) is 7.25. The summed E-state index contributed by atoms with van der Waals surface area (Å²) in [6.45, 7) is 6.32. The van der Waals surface area contributed by atoms with Crippen LogP contribution in [-0.4, -0.2) is 30.6 Å². The number of esters is 1. The van der Waals surface area contributed by atoms with E-state index >= 15 is 0 Å². The zero-order chi connectivity index (χ0) is 20.8. The highest BCUT2D eigenvalue weighted by Crippen LogP contribution is 2.40. The Labute approximate surface area is 179 Å². The van der Waals surface area contributed by atoms with E-state index in [0.717, 1.165) is 37.7 Å². The lowest BCUT2D eigenvalue weighted by Gasteiger charge is -2.24. The number of thiophene rings is 1. The molecule has 0 aromatic carbocycles. The smallest absolute Gasteiger partial charge is 0.341 e. The Hall–Kier alpha value is -1.40. The molecule has 29 heavy (non-hydrogen) atoms. The fourth-order valence-electron chi connectivity index (χ4n) is 4.53. The summed E-state index contributed by atoms with van der Waals surface area (Å²) in [7, 11) is 0. The van der Waals surface area contributed by atoms with E-state index in [4.69, 9.17) is 4.74 Å². The summed E-state index contributed by atoms with van der Waals surface area (Å²) in [6.07, 6.45) is 11.6. The minimum absolute atomic E-state index is 0.0655. The average Bonchev–Trinajstić information content (AvgIpc) is 3.00. The van der Waals surface area contributed by atoms with Gasteiger partial charge in [-0.25, -0.2) is 4.79 Å². The van der Waals surface area contributed by atoms with Crippen LogP contribution in [0.15, 0.2) is 0 Å². The van der Waals surface area contributed by atoms with Crippen molar-refractivity contribution in [2.45, 2.75) is 97.1 Å². The van der Waals surface area contributed by atoms with E-state index < -0.39 is 0 Å². The van der Waals surface area contributed by atoms with Gasteiger partial charge in [0.1, 0.15) is 5.00 Å². The number of carbonyl (C=O) groups is 2. The van der Waals surface area contributed by atoms with Gasteiger partial charge in [0.2, 0.25) is 5.91 Å². The summed E-state index contributed by atoms with van der Waals surface area (Å²) in [6, 6.07) is 0.116. The molecule has 2 atom stereocenters. The van der Waals surface area contributed by atoms with Gasteiger partial charge in [0.15, 0.2) is 0 Å². The molecule has 2 aliphatic carbocycles. The third-order valence-electron chi connectivity index (χ3n) is 6.21. The Morgan fingerprint density at radius 1 is 1.14 bits per heavy atom. The topological polar surface area (TPSA) is 67.4 Å². The molecule has 3 rings (SSSR count). The number of amides is 1. The van der Waals surface area contributed by atoms with Crippen molar-refractivity contribution in [3.05, 3.63) is 16.0 Å². The lowest BCUT2D eigenvalue weighted by atomic mass is 9.88. The molecule has 1 amide bonds. The molecule has 1 aromatic rings. The molecule has 0 unspecified atom stereocenters. The van der Waals surface area contributed by atoms with Crippen molar-refractivity contribution in [1.82, 2.24) is 5.32 Å². The van der Waals surface area contributed by atoms with Gasteiger partial charge in [-0.3, -0.25) is 4.79 Å². The normalized spacial score (nSPS) is 21.6. The maximum absolute atomic E-state index is 12.9. The molecular weight excluding hydrogens is 384 g/mol. The van der Waals surface area contributed by atoms with Crippen LogP contribution in [0.3, 0.4) is 0 Å². The Kier molecular flexibility index (Phi) is 8.13. The first-order chi connectivity index (χ1) is 14.0. The second-order valence-electron chi connectivity index (χ2n) is 8.70. The third kappa shape index (κ3) is 5.82. The van der Waals surface area contributed by atoms with E-state index in [1.807, 2.05) is 13.8 Å². The molecular formula is C23H36N2O3S. The zero-order valence-electron chi connectivity index (χ0n) is 18.1. The van der Waals surface area contributed by atoms with E-state index in [1.165, 1.54) is 37.0 Å². The Balaban J connectivity index is 1.70. The van der Waals surface area contributed by atoms with Gasteiger partial charge in [0.25, 0.3) is 0 Å². The SMILES string of the molecule is CCOC(=O)c1c(NC(=O)[C@@H](C)NC2CCCCCCC2)sc2c1CC[C@H](C)C2. The van der Waals surface area contributed by atoms with Crippen molar-refractivity contribution in [1.29, 1.82) is 0 Å². The van der Waals surface area contributed by atoms with Crippen LogP contribution in [0, 0.1) is 5.92 Å². The van der Waals surface area contributed by atoms with Gasteiger partial charge in [-0.05, 0) is 57.4 Å². The maximum atomic E-state index is 12.9. The number of ether oxygens (including phenoxy) is 1. The first-order valence-electron chi connectivity index (χ1n) is 11.4. The lowest BCUT2D eigenvalue weighted by Crippen LogP contribution is -2.44. The Bertz CT molecular complexity index is 707. The van der Waals surface area contributed by atoms with E-state index in [-0.39, 0.29) is 17.9 Å². The molecule has 162 valence electrons. The van der Waals surface area contributed by atoms with Crippen LogP contribution in [0.5, 0.6) is 0 Å². The standard InChI is InChI=1S/C23H36N2O3S/c1-4-28-23(27)20-18-13-12-15(2)14-19(18)29-22(20)25-21(26)16(3)24-17-10-8-6-5-7-9-11-17/h15-17,24H,4-14H2,1-3H3,(H,25,26)/t15-,16+/m0/s1. The number of hydrogen-bond donors (Lipinski definition) is 2. The maximum Gasteiger partial charge on any atom is 0.341 e. The van der Waals surface area contributed by atoms with Gasteiger partial charge in [0.05, 0.1) is 18.2 Å². The minimum Gasteiger partial charge on any atom is -0.462 e. The number of fused-ring (bicyclic) bond motifs is 1. The molecule has 1 fully saturated rings. The van der Waals surface area contributed by atoms with Crippen LogP contribution in [-0.2, 0) is 22.4 Å². The molecule has 6 heteroatoms. The number of hydrogen-bond acceptors (Lipinski definition) is 5. The fraction of sp³-hybridized carbons (Fsp3) is 0.739. The van der Waals surface area contributed by atoms with E-state index in [1.54, 1.807) is 11.3 Å². The van der Waals surface area contributed by atoms with Crippen LogP contribution in [0.4, 0.5) is 5.00 Å². The van der Waals surface area contributed by atoms with Gasteiger partial charge < -0.3 is 15.4 Å². The largest absolute Gasteiger partial charge is 0.462 e. The van der Waals surface area contributed by atoms with Crippen molar-refractivity contribution in [3.63, 3.8) is 0 Å². The van der Waals surface area contributed by atoms with Gasteiger partial charge in [-0.1, -0.05) is 39.0 Å². The van der Waals surface area contributed by atoms with E-state index in [9.17, 15) is 9.59 Å². The number of anilines is 1. The molecule has 0 spiro atoms. The number of nitrogens with one attached hydrogen (secondary N) is 2. The third-order valence-corrected chi connectivity index (χ3v) is 7.38. The summed E-state index contributed by atoms with van der Waals surface area (Å²) in [5.74, 6) is 0.236. The predicted octanol–water partition coefficient (Wildman–Crippen LogP) is 5.08. The molecule has 2 N–H and O–H groups in total. The number of rotatable bonds is 6. The van der Waals surface area contributed by atoms with Crippen LogP contribution < -0.4 is 10.6 Å². The van der Waals surface area contributed by atoms with Crippen molar-refractivity contribution in [2.75, 3.05) is 11.9 Å². The van der Waals surface area contributed by atoms with Crippen molar-refractivity contribution >= 4 is 28.2 Å². The molecule has 0 saturated heterocycles. The molecule has 1 saturated carbocycles. The van der Waals surface area contributed by atoms with E-state index in [2.05, 4.69) is 17.6 Å². The van der Waals surface area contributed by atoms with E-state index in [0.29, 0.717) is 29.1 Å². The van der Waals surface area contributed by atoms with Crippen LogP contribution >= 0.6 is 11.3 Å². The van der Waals surface area contributed by atoms with Crippen molar-refractivity contribution in [2.24, 2.45) is 5.92 Å². The summed E-state index contributed by atoms with van der Waals surface area (Å²) < 4.78 is 5.31. The van der Waals surface area contributed by atoms with Crippen LogP contribution in [0.2, 0.25) is 0 Å². The average molecular weight is 421 g/mol. The highest BCUT2D eigenvalue weighted by atomic mass is 32.1. The molecule has 0 bridgehead atoms. The van der Waals surface area contributed by atoms with Crippen LogP contribution in [0.1, 0.15) is 92.9 Å². The highest BCUT2D eigenvalue weighted by Gasteiger charge is 2.30. The summed E-state index contributed by atoms with van der Waals surface area (Å²) in [5.41, 5.74) is 1.67. The fourth-order valence-corrected chi connectivity index (χ4v) is 5.93. The Morgan fingerprint density at radius 3 is 2.52 bits per heavy atom. The molecule has 1 heterocycles. The molecule has 0 radical (unpaired) electrons. The second kappa shape index (κ2) is 10.6. The first kappa shape index (κ1) is 22.3. The zero-order valence-corrected chi connectivity index (χ0v) is 19.0. The molecule has 1 aromatic heterocycles. The monoisotopic (exact) mass is 420 g/mol.